The predicted molar refractivity (Wildman–Crippen MR) is 110 cm³/mol. The van der Waals surface area contributed by atoms with Crippen molar-refractivity contribution in [2.45, 2.75) is 38.7 Å². The van der Waals surface area contributed by atoms with Crippen LogP contribution in [0, 0.1) is 12.7 Å². The molecule has 0 spiro atoms. The standard InChI is InChI=1S/C22H26FN3O4/c1-14-4-6-17(23)20-16(14)13-15(24-21(20)28)5-7-19(27)25-8-10-26(11-9-25)22(29)18-3-2-12-30-18/h4,6,13,18H,2-3,5,7-12H2,1H3,(H,24,28). The van der Waals surface area contributed by atoms with Gasteiger partial charge in [0.05, 0.1) is 5.39 Å². The molecule has 2 aliphatic rings. The van der Waals surface area contributed by atoms with Crippen molar-refractivity contribution >= 4 is 22.6 Å². The molecule has 160 valence electrons. The summed E-state index contributed by atoms with van der Waals surface area (Å²) in [6, 6.07) is 4.68. The lowest BCUT2D eigenvalue weighted by Crippen LogP contribution is -2.52. The van der Waals surface area contributed by atoms with E-state index < -0.39 is 11.4 Å². The van der Waals surface area contributed by atoms with Gasteiger partial charge in [-0.1, -0.05) is 6.07 Å². The summed E-state index contributed by atoms with van der Waals surface area (Å²) in [4.78, 5) is 43.5. The molecule has 0 bridgehead atoms. The van der Waals surface area contributed by atoms with Gasteiger partial charge in [-0.2, -0.15) is 0 Å². The molecule has 1 atom stereocenters. The molecule has 2 fully saturated rings. The fraction of sp³-hybridized carbons (Fsp3) is 0.500. The number of carbonyl (C=O) groups is 2. The number of halogens is 1. The van der Waals surface area contributed by atoms with Crippen molar-refractivity contribution in [1.29, 1.82) is 0 Å². The van der Waals surface area contributed by atoms with Gasteiger partial charge in [-0.05, 0) is 49.3 Å². The molecule has 1 unspecified atom stereocenters. The normalized spacial score (nSPS) is 19.5. The van der Waals surface area contributed by atoms with Gasteiger partial charge >= 0.3 is 0 Å². The van der Waals surface area contributed by atoms with Crippen LogP contribution in [0.15, 0.2) is 23.0 Å². The summed E-state index contributed by atoms with van der Waals surface area (Å²) in [6.45, 7) is 4.47. The Balaban J connectivity index is 1.35. The zero-order valence-electron chi connectivity index (χ0n) is 17.1. The number of aromatic nitrogens is 1. The average Bonchev–Trinajstić information content (AvgIpc) is 3.29. The number of piperazine rings is 1. The Hall–Kier alpha value is -2.74. The highest BCUT2D eigenvalue weighted by molar-refractivity contribution is 5.86. The Bertz CT molecular complexity index is 1020. The first-order valence-corrected chi connectivity index (χ1v) is 10.4. The van der Waals surface area contributed by atoms with Crippen molar-refractivity contribution in [3.05, 3.63) is 45.6 Å². The molecule has 2 saturated heterocycles. The smallest absolute Gasteiger partial charge is 0.259 e. The summed E-state index contributed by atoms with van der Waals surface area (Å²) in [7, 11) is 0. The number of amides is 2. The van der Waals surface area contributed by atoms with Crippen molar-refractivity contribution in [3.63, 3.8) is 0 Å². The molecular formula is C22H26FN3O4. The fourth-order valence-electron chi connectivity index (χ4n) is 4.22. The van der Waals surface area contributed by atoms with Crippen LogP contribution >= 0.6 is 0 Å². The van der Waals surface area contributed by atoms with Crippen molar-refractivity contribution in [1.82, 2.24) is 14.8 Å². The fourth-order valence-corrected chi connectivity index (χ4v) is 4.22. The molecule has 8 heteroatoms. The van der Waals surface area contributed by atoms with Crippen molar-refractivity contribution in [3.8, 4) is 0 Å². The largest absolute Gasteiger partial charge is 0.368 e. The number of benzene rings is 1. The molecule has 0 radical (unpaired) electrons. The van der Waals surface area contributed by atoms with E-state index in [-0.39, 0.29) is 29.7 Å². The molecule has 3 heterocycles. The molecule has 1 N–H and O–H groups in total. The third kappa shape index (κ3) is 4.09. The highest BCUT2D eigenvalue weighted by Gasteiger charge is 2.31. The minimum Gasteiger partial charge on any atom is -0.368 e. The first-order valence-electron chi connectivity index (χ1n) is 10.4. The first kappa shape index (κ1) is 20.5. The maximum atomic E-state index is 14.0. The van der Waals surface area contributed by atoms with E-state index in [0.717, 1.165) is 18.4 Å². The number of ether oxygens (including phenoxy) is 1. The number of nitrogens with one attached hydrogen (secondary N) is 1. The molecule has 7 nitrogen and oxygen atoms in total. The molecule has 30 heavy (non-hydrogen) atoms. The van der Waals surface area contributed by atoms with Crippen LogP contribution in [-0.2, 0) is 20.7 Å². The van der Waals surface area contributed by atoms with E-state index in [1.165, 1.54) is 6.07 Å². The van der Waals surface area contributed by atoms with Gasteiger partial charge in [0.15, 0.2) is 0 Å². The summed E-state index contributed by atoms with van der Waals surface area (Å²) >= 11 is 0. The Morgan fingerprint density at radius 2 is 1.93 bits per heavy atom. The second kappa shape index (κ2) is 8.55. The number of pyridine rings is 1. The van der Waals surface area contributed by atoms with Gasteiger partial charge < -0.3 is 19.5 Å². The number of nitrogens with zero attached hydrogens (tertiary/aromatic N) is 2. The van der Waals surface area contributed by atoms with Gasteiger partial charge in [0, 0.05) is 44.9 Å². The van der Waals surface area contributed by atoms with E-state index in [0.29, 0.717) is 50.3 Å². The summed E-state index contributed by atoms with van der Waals surface area (Å²) in [6.07, 6.45) is 1.97. The summed E-state index contributed by atoms with van der Waals surface area (Å²) in [5.41, 5.74) is 0.955. The highest BCUT2D eigenvalue weighted by atomic mass is 19.1. The van der Waals surface area contributed by atoms with E-state index in [2.05, 4.69) is 4.98 Å². The average molecular weight is 415 g/mol. The quantitative estimate of drug-likeness (QED) is 0.825. The van der Waals surface area contributed by atoms with E-state index in [1.807, 2.05) is 6.92 Å². The number of fused-ring (bicyclic) bond motifs is 1. The van der Waals surface area contributed by atoms with Gasteiger partial charge in [-0.15, -0.1) is 0 Å². The minimum atomic E-state index is -0.546. The van der Waals surface area contributed by atoms with Crippen LogP contribution in [0.2, 0.25) is 0 Å². The molecule has 2 amide bonds. The highest BCUT2D eigenvalue weighted by Crippen LogP contribution is 2.20. The molecule has 2 aliphatic heterocycles. The Morgan fingerprint density at radius 1 is 1.20 bits per heavy atom. The lowest BCUT2D eigenvalue weighted by Gasteiger charge is -2.35. The van der Waals surface area contributed by atoms with Crippen molar-refractivity contribution in [2.24, 2.45) is 0 Å². The van der Waals surface area contributed by atoms with Crippen LogP contribution in [0.25, 0.3) is 10.8 Å². The van der Waals surface area contributed by atoms with Gasteiger partial charge in [0.25, 0.3) is 11.5 Å². The van der Waals surface area contributed by atoms with E-state index >= 15 is 0 Å². The Morgan fingerprint density at radius 3 is 2.63 bits per heavy atom. The first-order chi connectivity index (χ1) is 14.4. The number of aryl methyl sites for hydroxylation is 2. The molecular weight excluding hydrogens is 389 g/mol. The zero-order valence-corrected chi connectivity index (χ0v) is 17.1. The maximum absolute atomic E-state index is 14.0. The van der Waals surface area contributed by atoms with E-state index in [1.54, 1.807) is 21.9 Å². The third-order valence-electron chi connectivity index (χ3n) is 5.99. The second-order valence-electron chi connectivity index (χ2n) is 7.98. The SMILES string of the molecule is Cc1ccc(F)c2c(=O)[nH]c(CCC(=O)N3CCN(C(=O)C4CCCO4)CC3)cc12. The Kier molecular flexibility index (Phi) is 5.85. The summed E-state index contributed by atoms with van der Waals surface area (Å²) < 4.78 is 19.4. The second-order valence-corrected chi connectivity index (χ2v) is 7.98. The van der Waals surface area contributed by atoms with Crippen LogP contribution in [0.3, 0.4) is 0 Å². The molecule has 1 aromatic heterocycles. The lowest BCUT2D eigenvalue weighted by molar-refractivity contribution is -0.146. The van der Waals surface area contributed by atoms with Crippen molar-refractivity contribution < 1.29 is 18.7 Å². The summed E-state index contributed by atoms with van der Waals surface area (Å²) in [5, 5.41) is 0.625. The number of aromatic amines is 1. The molecule has 2 aromatic rings. The van der Waals surface area contributed by atoms with Crippen molar-refractivity contribution in [2.75, 3.05) is 32.8 Å². The topological polar surface area (TPSA) is 82.7 Å². The lowest BCUT2D eigenvalue weighted by atomic mass is 10.0. The monoisotopic (exact) mass is 415 g/mol. The third-order valence-corrected chi connectivity index (χ3v) is 5.99. The summed E-state index contributed by atoms with van der Waals surface area (Å²) in [5.74, 6) is -0.540. The van der Waals surface area contributed by atoms with E-state index in [4.69, 9.17) is 4.74 Å². The minimum absolute atomic E-state index is 0.0175. The number of hydrogen-bond acceptors (Lipinski definition) is 4. The number of carbonyl (C=O) groups excluding carboxylic acids is 2. The number of hydrogen-bond donors (Lipinski definition) is 1. The zero-order chi connectivity index (χ0) is 21.3. The van der Waals surface area contributed by atoms with Gasteiger partial charge in [-0.25, -0.2) is 4.39 Å². The predicted octanol–water partition coefficient (Wildman–Crippen LogP) is 1.76. The molecule has 1 aromatic carbocycles. The van der Waals surface area contributed by atoms with E-state index in [9.17, 15) is 18.8 Å². The molecule has 0 saturated carbocycles. The molecule has 4 rings (SSSR count). The van der Waals surface area contributed by atoms with Gasteiger partial charge in [0.2, 0.25) is 5.91 Å². The van der Waals surface area contributed by atoms with Crippen LogP contribution in [0.5, 0.6) is 0 Å². The van der Waals surface area contributed by atoms with Crippen LogP contribution < -0.4 is 5.56 Å². The Labute approximate surface area is 173 Å². The van der Waals surface area contributed by atoms with Crippen LogP contribution in [0.1, 0.15) is 30.5 Å². The van der Waals surface area contributed by atoms with Crippen LogP contribution in [0.4, 0.5) is 4.39 Å². The maximum Gasteiger partial charge on any atom is 0.259 e. The number of H-pyrrole nitrogens is 1. The number of rotatable bonds is 4. The van der Waals surface area contributed by atoms with Gasteiger partial charge in [-0.3, -0.25) is 14.4 Å². The van der Waals surface area contributed by atoms with Crippen LogP contribution in [-0.4, -0.2) is 65.5 Å². The molecule has 0 aliphatic carbocycles. The van der Waals surface area contributed by atoms with Gasteiger partial charge in [0.1, 0.15) is 11.9 Å².